The largest absolute Gasteiger partial charge is 0.343 e. The number of hydrogen-bond donors (Lipinski definition) is 0. The van der Waals surface area contributed by atoms with E-state index in [4.69, 9.17) is 0 Å². The zero-order valence-electron chi connectivity index (χ0n) is 12.7. The van der Waals surface area contributed by atoms with Crippen LogP contribution in [0.15, 0.2) is 35.4 Å². The molecule has 2 aromatic rings. The van der Waals surface area contributed by atoms with E-state index in [1.165, 1.54) is 6.42 Å². The van der Waals surface area contributed by atoms with E-state index in [1.807, 2.05) is 23.1 Å². The van der Waals surface area contributed by atoms with E-state index in [9.17, 15) is 9.59 Å². The van der Waals surface area contributed by atoms with Crippen LogP contribution < -0.4 is 5.56 Å². The molecule has 1 aliphatic heterocycles. The van der Waals surface area contributed by atoms with Gasteiger partial charge in [-0.3, -0.25) is 14.2 Å². The Kier molecular flexibility index (Phi) is 4.51. The second kappa shape index (κ2) is 6.73. The molecule has 3 rings (SSSR count). The van der Waals surface area contributed by atoms with E-state index >= 15 is 0 Å². The second-order valence-corrected chi connectivity index (χ2v) is 5.81. The van der Waals surface area contributed by atoms with Gasteiger partial charge < -0.3 is 4.90 Å². The fourth-order valence-corrected chi connectivity index (χ4v) is 2.97. The number of benzene rings is 1. The van der Waals surface area contributed by atoms with Crippen molar-refractivity contribution < 1.29 is 4.79 Å². The lowest BCUT2D eigenvalue weighted by molar-refractivity contribution is -0.132. The van der Waals surface area contributed by atoms with Gasteiger partial charge in [0.15, 0.2) is 0 Å². The smallest absolute Gasteiger partial charge is 0.261 e. The highest BCUT2D eigenvalue weighted by Crippen LogP contribution is 2.11. The van der Waals surface area contributed by atoms with Gasteiger partial charge in [0, 0.05) is 26.1 Å². The molecule has 0 N–H and O–H groups in total. The fraction of sp³-hybridized carbons (Fsp3) is 0.471. The standard InChI is InChI=1S/C17H21N3O2/c21-16(19-10-4-1-5-11-19)9-6-12-20-13-18-15-8-3-2-7-14(15)17(20)22/h2-3,7-8,13H,1,4-6,9-12H2. The quantitative estimate of drug-likeness (QED) is 0.869. The number of hydrogen-bond acceptors (Lipinski definition) is 3. The average molecular weight is 299 g/mol. The first-order valence-electron chi connectivity index (χ1n) is 7.98. The van der Waals surface area contributed by atoms with Crippen molar-refractivity contribution in [3.8, 4) is 0 Å². The Balaban J connectivity index is 1.61. The lowest BCUT2D eigenvalue weighted by Crippen LogP contribution is -2.35. The molecule has 0 radical (unpaired) electrons. The molecule has 1 aliphatic rings. The van der Waals surface area contributed by atoms with E-state index in [1.54, 1.807) is 17.0 Å². The van der Waals surface area contributed by atoms with E-state index in [0.29, 0.717) is 30.3 Å². The predicted molar refractivity (Wildman–Crippen MR) is 85.7 cm³/mol. The van der Waals surface area contributed by atoms with Crippen LogP contribution >= 0.6 is 0 Å². The summed E-state index contributed by atoms with van der Waals surface area (Å²) in [5.74, 6) is 0.210. The van der Waals surface area contributed by atoms with Crippen molar-refractivity contribution in [3.05, 3.63) is 40.9 Å². The Morgan fingerprint density at radius 3 is 2.73 bits per heavy atom. The number of piperidine rings is 1. The second-order valence-electron chi connectivity index (χ2n) is 5.81. The van der Waals surface area contributed by atoms with Crippen LogP contribution in [0.3, 0.4) is 0 Å². The molecule has 1 fully saturated rings. The van der Waals surface area contributed by atoms with Crippen LogP contribution in [0, 0.1) is 0 Å². The molecule has 0 spiro atoms. The number of fused-ring (bicyclic) bond motifs is 1. The molecule has 0 unspecified atom stereocenters. The van der Waals surface area contributed by atoms with Crippen LogP contribution in [-0.2, 0) is 11.3 Å². The Morgan fingerprint density at radius 2 is 1.91 bits per heavy atom. The molecule has 0 bridgehead atoms. The van der Waals surface area contributed by atoms with Crippen molar-refractivity contribution in [3.63, 3.8) is 0 Å². The van der Waals surface area contributed by atoms with Crippen molar-refractivity contribution >= 4 is 16.8 Å². The van der Waals surface area contributed by atoms with Crippen molar-refractivity contribution in [1.82, 2.24) is 14.5 Å². The monoisotopic (exact) mass is 299 g/mol. The topological polar surface area (TPSA) is 55.2 Å². The van der Waals surface area contributed by atoms with Gasteiger partial charge in [-0.25, -0.2) is 4.98 Å². The molecule has 0 saturated carbocycles. The van der Waals surface area contributed by atoms with Crippen LogP contribution in [0.25, 0.3) is 10.9 Å². The number of rotatable bonds is 4. The van der Waals surface area contributed by atoms with Crippen LogP contribution in [0.5, 0.6) is 0 Å². The van der Waals surface area contributed by atoms with Crippen LogP contribution in [0.1, 0.15) is 32.1 Å². The number of carbonyl (C=O) groups excluding carboxylic acids is 1. The maximum atomic E-state index is 12.3. The molecular formula is C17H21N3O2. The minimum Gasteiger partial charge on any atom is -0.343 e. The summed E-state index contributed by atoms with van der Waals surface area (Å²) in [6, 6.07) is 7.34. The van der Waals surface area contributed by atoms with Crippen molar-refractivity contribution in [2.24, 2.45) is 0 Å². The molecule has 0 atom stereocenters. The molecule has 1 aromatic carbocycles. The number of nitrogens with zero attached hydrogens (tertiary/aromatic N) is 3. The summed E-state index contributed by atoms with van der Waals surface area (Å²) < 4.78 is 1.60. The molecule has 5 nitrogen and oxygen atoms in total. The first-order chi connectivity index (χ1) is 10.8. The van der Waals surface area contributed by atoms with Gasteiger partial charge in [0.2, 0.25) is 5.91 Å². The molecule has 1 saturated heterocycles. The Labute approximate surface area is 129 Å². The third kappa shape index (κ3) is 3.18. The summed E-state index contributed by atoms with van der Waals surface area (Å²) in [4.78, 5) is 30.7. The van der Waals surface area contributed by atoms with E-state index < -0.39 is 0 Å². The lowest BCUT2D eigenvalue weighted by Gasteiger charge is -2.26. The van der Waals surface area contributed by atoms with E-state index in [0.717, 1.165) is 25.9 Å². The van der Waals surface area contributed by atoms with Crippen LogP contribution in [0.2, 0.25) is 0 Å². The van der Waals surface area contributed by atoms with Gasteiger partial charge in [-0.05, 0) is 37.8 Å². The third-order valence-corrected chi connectivity index (χ3v) is 4.23. The highest BCUT2D eigenvalue weighted by atomic mass is 16.2. The molecule has 1 aromatic heterocycles. The first-order valence-corrected chi connectivity index (χ1v) is 7.98. The molecule has 5 heteroatoms. The zero-order valence-corrected chi connectivity index (χ0v) is 12.7. The summed E-state index contributed by atoms with van der Waals surface area (Å²) in [6.45, 7) is 2.31. The third-order valence-electron chi connectivity index (χ3n) is 4.23. The van der Waals surface area contributed by atoms with E-state index in [-0.39, 0.29) is 11.5 Å². The molecule has 22 heavy (non-hydrogen) atoms. The SMILES string of the molecule is O=C(CCCn1cnc2ccccc2c1=O)N1CCCCC1. The minimum atomic E-state index is -0.0315. The molecule has 116 valence electrons. The summed E-state index contributed by atoms with van der Waals surface area (Å²) in [6.07, 6.45) is 6.20. The summed E-state index contributed by atoms with van der Waals surface area (Å²) in [5.41, 5.74) is 0.684. The number of para-hydroxylation sites is 1. The minimum absolute atomic E-state index is 0.0315. The summed E-state index contributed by atoms with van der Waals surface area (Å²) >= 11 is 0. The lowest BCUT2D eigenvalue weighted by atomic mass is 10.1. The number of carbonyl (C=O) groups is 1. The highest BCUT2D eigenvalue weighted by Gasteiger charge is 2.15. The predicted octanol–water partition coefficient (Wildman–Crippen LogP) is 2.19. The number of amides is 1. The maximum Gasteiger partial charge on any atom is 0.261 e. The van der Waals surface area contributed by atoms with Gasteiger partial charge in [-0.1, -0.05) is 12.1 Å². The van der Waals surface area contributed by atoms with Gasteiger partial charge >= 0.3 is 0 Å². The van der Waals surface area contributed by atoms with Gasteiger partial charge in [0.05, 0.1) is 17.2 Å². The Bertz CT molecular complexity index is 717. The van der Waals surface area contributed by atoms with Gasteiger partial charge in [-0.2, -0.15) is 0 Å². The van der Waals surface area contributed by atoms with Crippen molar-refractivity contribution in [2.45, 2.75) is 38.6 Å². The van der Waals surface area contributed by atoms with Crippen molar-refractivity contribution in [2.75, 3.05) is 13.1 Å². The number of aryl methyl sites for hydroxylation is 1. The van der Waals surface area contributed by atoms with E-state index in [2.05, 4.69) is 4.98 Å². The van der Waals surface area contributed by atoms with Gasteiger partial charge in [0.1, 0.15) is 0 Å². The Morgan fingerprint density at radius 1 is 1.14 bits per heavy atom. The highest BCUT2D eigenvalue weighted by molar-refractivity contribution is 5.77. The fourth-order valence-electron chi connectivity index (χ4n) is 2.97. The van der Waals surface area contributed by atoms with Gasteiger partial charge in [-0.15, -0.1) is 0 Å². The molecule has 0 aliphatic carbocycles. The maximum absolute atomic E-state index is 12.3. The average Bonchev–Trinajstić information content (AvgIpc) is 2.58. The summed E-state index contributed by atoms with van der Waals surface area (Å²) in [5, 5.41) is 0.632. The zero-order chi connectivity index (χ0) is 15.4. The first kappa shape index (κ1) is 14.8. The summed E-state index contributed by atoms with van der Waals surface area (Å²) in [7, 11) is 0. The normalized spacial score (nSPS) is 15.2. The molecule has 2 heterocycles. The van der Waals surface area contributed by atoms with Crippen LogP contribution in [0.4, 0.5) is 0 Å². The van der Waals surface area contributed by atoms with Crippen molar-refractivity contribution in [1.29, 1.82) is 0 Å². The number of aromatic nitrogens is 2. The Hall–Kier alpha value is -2.17. The van der Waals surface area contributed by atoms with Crippen LogP contribution in [-0.4, -0.2) is 33.4 Å². The van der Waals surface area contributed by atoms with Gasteiger partial charge in [0.25, 0.3) is 5.56 Å². The number of likely N-dealkylation sites (tertiary alicyclic amines) is 1. The molecule has 1 amide bonds. The molecular weight excluding hydrogens is 278 g/mol.